The Hall–Kier alpha value is -4.86. The van der Waals surface area contributed by atoms with Crippen molar-refractivity contribution in [3.05, 3.63) is 79.8 Å². The van der Waals surface area contributed by atoms with Crippen LogP contribution in [-0.2, 0) is 22.6 Å². The number of fused-ring (bicyclic) bond motifs is 1. The topological polar surface area (TPSA) is 135 Å². The molecule has 0 spiro atoms. The van der Waals surface area contributed by atoms with Crippen LogP contribution in [0.4, 0.5) is 28.0 Å². The van der Waals surface area contributed by atoms with Gasteiger partial charge in [-0.1, -0.05) is 23.7 Å². The average molecular weight is 709 g/mol. The molecule has 1 atom stereocenters. The number of anilines is 1. The normalized spacial score (nSPS) is 16.0. The van der Waals surface area contributed by atoms with Crippen LogP contribution in [0.3, 0.4) is 0 Å². The molecule has 262 valence electrons. The Balaban J connectivity index is 1.34. The Morgan fingerprint density at radius 1 is 1.08 bits per heavy atom. The molecule has 12 nitrogen and oxygen atoms in total. The van der Waals surface area contributed by atoms with Crippen molar-refractivity contribution in [1.29, 1.82) is 0 Å². The lowest BCUT2D eigenvalue weighted by molar-refractivity contribution is -0.173. The Bertz CT molecular complexity index is 1890. The molecule has 4 amide bonds. The Morgan fingerprint density at radius 2 is 1.80 bits per heavy atom. The molecule has 1 aromatic heterocycles. The van der Waals surface area contributed by atoms with Crippen molar-refractivity contribution in [2.24, 2.45) is 0 Å². The number of ether oxygens (including phenoxy) is 1. The van der Waals surface area contributed by atoms with Crippen molar-refractivity contribution >= 4 is 35.1 Å². The van der Waals surface area contributed by atoms with Crippen LogP contribution in [0, 0.1) is 5.82 Å². The first-order valence-corrected chi connectivity index (χ1v) is 15.7. The van der Waals surface area contributed by atoms with Gasteiger partial charge in [-0.05, 0) is 56.0 Å². The molecule has 17 heteroatoms. The molecular formula is C32H33ClF4N6O6. The molecule has 2 aliphatic rings. The van der Waals surface area contributed by atoms with Gasteiger partial charge in [0.15, 0.2) is 0 Å². The van der Waals surface area contributed by atoms with E-state index >= 15 is 0 Å². The molecule has 3 heterocycles. The van der Waals surface area contributed by atoms with Crippen LogP contribution in [-0.4, -0.2) is 82.3 Å². The third kappa shape index (κ3) is 7.58. The summed E-state index contributed by atoms with van der Waals surface area (Å²) >= 11 is 6.14. The number of nitrogens with zero attached hydrogens (tertiary/aromatic N) is 4. The van der Waals surface area contributed by atoms with Gasteiger partial charge in [0, 0.05) is 49.7 Å². The highest BCUT2D eigenvalue weighted by Crippen LogP contribution is 2.29. The van der Waals surface area contributed by atoms with E-state index < -0.39 is 59.2 Å². The number of carbonyl (C=O) groups is 3. The second kappa shape index (κ2) is 14.3. The van der Waals surface area contributed by atoms with Crippen LogP contribution < -0.4 is 26.6 Å². The number of rotatable bonds is 8. The number of carbonyl (C=O) groups excluding carboxylic acids is 3. The molecule has 0 radical (unpaired) electrons. The summed E-state index contributed by atoms with van der Waals surface area (Å²) in [6.07, 6.45) is -2.64. The number of piperidine rings is 1. The third-order valence-corrected chi connectivity index (χ3v) is 9.07. The van der Waals surface area contributed by atoms with E-state index in [0.717, 1.165) is 22.4 Å². The van der Waals surface area contributed by atoms with Crippen LogP contribution in [0.15, 0.2) is 52.2 Å². The van der Waals surface area contributed by atoms with Crippen molar-refractivity contribution in [3.8, 4) is 16.9 Å². The molecule has 1 saturated heterocycles. The molecule has 49 heavy (non-hydrogen) atoms. The number of nitrogens with one attached hydrogen (secondary N) is 2. The minimum absolute atomic E-state index is 0.106. The van der Waals surface area contributed by atoms with E-state index in [1.807, 2.05) is 6.07 Å². The molecule has 3 aromatic rings. The monoisotopic (exact) mass is 708 g/mol. The number of hydrogen-bond donors (Lipinski definition) is 2. The third-order valence-electron chi connectivity index (χ3n) is 8.68. The predicted molar refractivity (Wildman–Crippen MR) is 171 cm³/mol. The summed E-state index contributed by atoms with van der Waals surface area (Å²) < 4.78 is 59.5. The molecule has 0 aliphatic carbocycles. The van der Waals surface area contributed by atoms with Gasteiger partial charge in [-0.2, -0.15) is 13.2 Å². The number of benzene rings is 2. The Kier molecular flexibility index (Phi) is 10.4. The highest BCUT2D eigenvalue weighted by molar-refractivity contribution is 6.33. The van der Waals surface area contributed by atoms with Crippen molar-refractivity contribution in [1.82, 2.24) is 24.3 Å². The maximum absolute atomic E-state index is 14.4. The van der Waals surface area contributed by atoms with E-state index in [0.29, 0.717) is 41.8 Å². The van der Waals surface area contributed by atoms with Crippen molar-refractivity contribution < 1.29 is 36.7 Å². The van der Waals surface area contributed by atoms with Gasteiger partial charge in [-0.25, -0.2) is 14.0 Å². The molecule has 0 saturated carbocycles. The van der Waals surface area contributed by atoms with Gasteiger partial charge < -0.3 is 25.2 Å². The standard InChI is InChI=1S/C32H33ClF4N6O6/c1-18(15-38-29(46)32(35,36)37)43-28(45)23(22-4-3-5-24(34)27(22)33)16-41(31(43)48)17-26(44)40-11-9-20(10-12-40)42-13-8-19-14-21(49-2)6-7-25(19)39-30(42)47/h3-7,14,16,18,20H,8-13,15,17H2,1-2H3,(H,38,46)(H,39,47). The number of aromatic nitrogens is 2. The second-order valence-corrected chi connectivity index (χ2v) is 12.2. The summed E-state index contributed by atoms with van der Waals surface area (Å²) in [4.78, 5) is 68.3. The lowest BCUT2D eigenvalue weighted by Crippen LogP contribution is -2.51. The summed E-state index contributed by atoms with van der Waals surface area (Å²) in [6.45, 7) is 0.885. The number of halogens is 5. The fourth-order valence-electron chi connectivity index (χ4n) is 6.03. The summed E-state index contributed by atoms with van der Waals surface area (Å²) in [6, 6.07) is 7.34. The molecule has 1 fully saturated rings. The fraction of sp³-hybridized carbons (Fsp3) is 0.406. The largest absolute Gasteiger partial charge is 0.497 e. The number of amides is 4. The minimum atomic E-state index is -5.20. The minimum Gasteiger partial charge on any atom is -0.497 e. The quantitative estimate of drug-likeness (QED) is 0.342. The van der Waals surface area contributed by atoms with Crippen molar-refractivity contribution in [2.75, 3.05) is 38.6 Å². The number of methoxy groups -OCH3 is 1. The molecular weight excluding hydrogens is 676 g/mol. The van der Waals surface area contributed by atoms with E-state index in [1.165, 1.54) is 24.0 Å². The summed E-state index contributed by atoms with van der Waals surface area (Å²) in [5, 5.41) is 4.14. The number of hydrogen-bond acceptors (Lipinski definition) is 6. The lowest BCUT2D eigenvalue weighted by atomic mass is 10.0. The molecule has 5 rings (SSSR count). The lowest BCUT2D eigenvalue weighted by Gasteiger charge is -2.38. The summed E-state index contributed by atoms with van der Waals surface area (Å²) in [7, 11) is 1.56. The fourth-order valence-corrected chi connectivity index (χ4v) is 6.26. The van der Waals surface area contributed by atoms with Crippen LogP contribution in [0.2, 0.25) is 5.02 Å². The summed E-state index contributed by atoms with van der Waals surface area (Å²) in [5.74, 6) is -2.96. The zero-order valence-corrected chi connectivity index (χ0v) is 27.2. The molecule has 2 N–H and O–H groups in total. The highest BCUT2D eigenvalue weighted by Gasteiger charge is 2.39. The summed E-state index contributed by atoms with van der Waals surface area (Å²) in [5.41, 5.74) is -0.794. The maximum Gasteiger partial charge on any atom is 0.471 e. The van der Waals surface area contributed by atoms with Gasteiger partial charge in [-0.15, -0.1) is 0 Å². The molecule has 2 aliphatic heterocycles. The molecule has 1 unspecified atom stereocenters. The van der Waals surface area contributed by atoms with E-state index in [9.17, 15) is 41.5 Å². The van der Waals surface area contributed by atoms with Gasteiger partial charge in [0.25, 0.3) is 5.56 Å². The van der Waals surface area contributed by atoms with E-state index in [4.69, 9.17) is 16.3 Å². The number of likely N-dealkylation sites (tertiary alicyclic amines) is 1. The van der Waals surface area contributed by atoms with Crippen LogP contribution in [0.1, 0.15) is 31.4 Å². The smallest absolute Gasteiger partial charge is 0.471 e. The van der Waals surface area contributed by atoms with E-state index in [-0.39, 0.29) is 36.3 Å². The molecule has 0 bridgehead atoms. The van der Waals surface area contributed by atoms with Gasteiger partial charge >= 0.3 is 23.8 Å². The highest BCUT2D eigenvalue weighted by atomic mass is 35.5. The van der Waals surface area contributed by atoms with Crippen LogP contribution >= 0.6 is 11.6 Å². The number of alkyl halides is 3. The average Bonchev–Trinajstić information content (AvgIpc) is 3.23. The van der Waals surface area contributed by atoms with Gasteiger partial charge in [0.05, 0.1) is 23.7 Å². The second-order valence-electron chi connectivity index (χ2n) is 11.8. The Labute approximate surface area is 282 Å². The predicted octanol–water partition coefficient (Wildman–Crippen LogP) is 3.80. The zero-order valence-electron chi connectivity index (χ0n) is 26.5. The van der Waals surface area contributed by atoms with E-state index in [2.05, 4.69) is 5.32 Å². The SMILES string of the molecule is COc1ccc2c(c1)CCN(C1CCN(C(=O)Cn3cc(-c4cccc(F)c4Cl)c(=O)n(C(C)CNC(=O)C(F)(F)F)c3=O)CC1)C(=O)N2. The van der Waals surface area contributed by atoms with Crippen molar-refractivity contribution in [3.63, 3.8) is 0 Å². The van der Waals surface area contributed by atoms with Gasteiger partial charge in [0.2, 0.25) is 5.91 Å². The van der Waals surface area contributed by atoms with Crippen LogP contribution in [0.25, 0.3) is 11.1 Å². The first-order chi connectivity index (χ1) is 23.2. The van der Waals surface area contributed by atoms with E-state index in [1.54, 1.807) is 29.5 Å². The maximum atomic E-state index is 14.4. The van der Waals surface area contributed by atoms with Gasteiger partial charge in [0.1, 0.15) is 18.1 Å². The Morgan fingerprint density at radius 3 is 2.47 bits per heavy atom. The molecule has 2 aromatic carbocycles. The first-order valence-electron chi connectivity index (χ1n) is 15.4. The first kappa shape index (κ1) is 35.4. The van der Waals surface area contributed by atoms with Crippen LogP contribution in [0.5, 0.6) is 5.75 Å². The van der Waals surface area contributed by atoms with Gasteiger partial charge in [-0.3, -0.25) is 23.5 Å². The van der Waals surface area contributed by atoms with Crippen molar-refractivity contribution in [2.45, 2.75) is 51.0 Å². The number of urea groups is 1. The zero-order chi connectivity index (χ0) is 35.6.